The second kappa shape index (κ2) is 23.9. The van der Waals surface area contributed by atoms with Crippen LogP contribution in [0.3, 0.4) is 0 Å². The Balaban J connectivity index is 0.000000280. The minimum absolute atomic E-state index is 0.0443. The maximum atomic E-state index is 12.9. The fraction of sp³-hybridized carbons (Fsp3) is 0.222. The van der Waals surface area contributed by atoms with Crippen LogP contribution in [-0.4, -0.2) is 59.3 Å². The van der Waals surface area contributed by atoms with Crippen LogP contribution in [0.1, 0.15) is 59.7 Å². The number of carboxylic acids is 1. The van der Waals surface area contributed by atoms with Gasteiger partial charge in [-0.2, -0.15) is 0 Å². The van der Waals surface area contributed by atoms with Gasteiger partial charge in [0.05, 0.1) is 21.3 Å². The van der Waals surface area contributed by atoms with E-state index in [9.17, 15) is 24.0 Å². The maximum Gasteiger partial charge on any atom is 0.408 e. The Morgan fingerprint density at radius 2 is 1.36 bits per heavy atom. The number of carboxylic acid groups (broad SMARTS) is 1. The predicted octanol–water partition coefficient (Wildman–Crippen LogP) is 8.46. The van der Waals surface area contributed by atoms with Crippen molar-refractivity contribution in [1.82, 2.24) is 10.6 Å². The first kappa shape index (κ1) is 45.5. The van der Waals surface area contributed by atoms with Gasteiger partial charge >= 0.3 is 12.1 Å². The Hall–Kier alpha value is -6.21. The number of aliphatic hydroxyl groups excluding tert-OH is 1. The maximum absolute atomic E-state index is 12.9. The summed E-state index contributed by atoms with van der Waals surface area (Å²) in [5.74, 6) is -2.37. The lowest BCUT2D eigenvalue weighted by Crippen LogP contribution is -2.41. The summed E-state index contributed by atoms with van der Waals surface area (Å²) in [7, 11) is 0. The zero-order valence-electron chi connectivity index (χ0n) is 32.3. The molecule has 0 aliphatic heterocycles. The van der Waals surface area contributed by atoms with E-state index in [0.29, 0.717) is 42.4 Å². The topological polar surface area (TPSA) is 180 Å². The van der Waals surface area contributed by atoms with Crippen molar-refractivity contribution in [3.05, 3.63) is 154 Å². The third-order valence-electron chi connectivity index (χ3n) is 8.59. The minimum atomic E-state index is -1.20. The molecular formula is C45H45Cl2N3O9. The molecule has 0 saturated heterocycles. The number of alkyl carbamates (subject to hydrolysis) is 1. The van der Waals surface area contributed by atoms with Gasteiger partial charge in [-0.15, -0.1) is 0 Å². The molecule has 0 radical (unpaired) electrons. The van der Waals surface area contributed by atoms with Gasteiger partial charge in [0, 0.05) is 18.6 Å². The first-order valence-corrected chi connectivity index (χ1v) is 19.5. The standard InChI is InChI=1S/C25H22Cl2N2O6.C20H23NO3/c1-15(28-25(33)35-13-16-8-4-2-5-9-16)24(32)29-22-18(26)12-19(27)23(34-14-20(30)31)21(22)17-10-6-3-7-11-17;22-14-8-2-5-13-19(23)21-20(24)18-12-7-6-11-17(18)15-16-9-3-1-4-10-16/h2-12,15H,13-14H2,1H3,(H,28,33)(H,29,32)(H,30,31);1,3-4,6-7,9-12,22H,2,5,8,13-15H2,(H,21,23,24)/t15-;/m1./s1. The summed E-state index contributed by atoms with van der Waals surface area (Å²) < 4.78 is 10.6. The van der Waals surface area contributed by atoms with E-state index < -0.39 is 30.6 Å². The van der Waals surface area contributed by atoms with Gasteiger partial charge in [0.25, 0.3) is 5.91 Å². The van der Waals surface area contributed by atoms with Crippen LogP contribution in [0, 0.1) is 0 Å². The molecule has 12 nitrogen and oxygen atoms in total. The molecule has 0 saturated carbocycles. The van der Waals surface area contributed by atoms with E-state index in [4.69, 9.17) is 42.9 Å². The molecule has 5 rings (SSSR count). The molecule has 5 N–H and O–H groups in total. The number of benzene rings is 5. The quantitative estimate of drug-likeness (QED) is 0.0574. The summed E-state index contributed by atoms with van der Waals surface area (Å²) in [4.78, 5) is 60.4. The van der Waals surface area contributed by atoms with E-state index in [1.165, 1.54) is 13.0 Å². The van der Waals surface area contributed by atoms with Crippen molar-refractivity contribution in [1.29, 1.82) is 0 Å². The molecule has 5 aromatic rings. The number of aliphatic carboxylic acids is 1. The highest BCUT2D eigenvalue weighted by Crippen LogP contribution is 2.46. The molecule has 59 heavy (non-hydrogen) atoms. The molecule has 308 valence electrons. The van der Waals surface area contributed by atoms with Gasteiger partial charge in [0.2, 0.25) is 11.8 Å². The molecule has 4 amide bonds. The molecule has 0 heterocycles. The van der Waals surface area contributed by atoms with Crippen LogP contribution in [0.5, 0.6) is 5.75 Å². The van der Waals surface area contributed by atoms with Gasteiger partial charge in [-0.1, -0.05) is 139 Å². The van der Waals surface area contributed by atoms with Crippen molar-refractivity contribution in [3.8, 4) is 16.9 Å². The number of carbonyl (C=O) groups excluding carboxylic acids is 4. The molecule has 0 aromatic heterocycles. The number of nitrogens with one attached hydrogen (secondary N) is 3. The lowest BCUT2D eigenvalue weighted by Gasteiger charge is -2.20. The first-order valence-electron chi connectivity index (χ1n) is 18.7. The molecule has 0 spiro atoms. The van der Waals surface area contributed by atoms with Crippen LogP contribution in [0.2, 0.25) is 10.0 Å². The fourth-order valence-corrected chi connectivity index (χ4v) is 6.22. The van der Waals surface area contributed by atoms with E-state index in [-0.39, 0.29) is 46.5 Å². The van der Waals surface area contributed by atoms with Crippen LogP contribution >= 0.6 is 23.2 Å². The number of anilines is 1. The smallest absolute Gasteiger partial charge is 0.408 e. The first-order chi connectivity index (χ1) is 28.5. The monoisotopic (exact) mass is 841 g/mol. The Morgan fingerprint density at radius 3 is 2.00 bits per heavy atom. The highest BCUT2D eigenvalue weighted by atomic mass is 35.5. The largest absolute Gasteiger partial charge is 0.480 e. The Morgan fingerprint density at radius 1 is 0.746 bits per heavy atom. The SMILES string of the molecule is C[C@@H](NC(=O)OCc1ccccc1)C(=O)Nc1c(Cl)cc(Cl)c(OCC(=O)O)c1-c1ccccc1.O=C(CCCCCO)NC(=O)c1ccccc1Cc1ccccc1. The number of ether oxygens (including phenoxy) is 2. The highest BCUT2D eigenvalue weighted by Gasteiger charge is 2.24. The molecule has 14 heteroatoms. The van der Waals surface area contributed by atoms with Crippen molar-refractivity contribution >= 4 is 58.7 Å². The molecule has 0 bridgehead atoms. The number of rotatable bonds is 17. The average Bonchev–Trinajstić information content (AvgIpc) is 3.23. The molecule has 0 unspecified atom stereocenters. The second-order valence-electron chi connectivity index (χ2n) is 13.1. The lowest BCUT2D eigenvalue weighted by molar-refractivity contribution is -0.139. The van der Waals surface area contributed by atoms with Crippen LogP contribution in [0.4, 0.5) is 10.5 Å². The van der Waals surface area contributed by atoms with Gasteiger partial charge in [-0.25, -0.2) is 9.59 Å². The number of halogens is 2. The van der Waals surface area contributed by atoms with E-state index in [2.05, 4.69) is 16.0 Å². The summed E-state index contributed by atoms with van der Waals surface area (Å²) in [6, 6.07) is 35.5. The van der Waals surface area contributed by atoms with Gasteiger partial charge in [0.1, 0.15) is 18.4 Å². The highest BCUT2D eigenvalue weighted by molar-refractivity contribution is 6.39. The number of hydrogen-bond acceptors (Lipinski definition) is 8. The molecule has 5 aromatic carbocycles. The number of aliphatic hydroxyl groups is 1. The Kier molecular flexibility index (Phi) is 18.4. The summed E-state index contributed by atoms with van der Waals surface area (Å²) in [5.41, 5.74) is 4.38. The van der Waals surface area contributed by atoms with Crippen molar-refractivity contribution in [3.63, 3.8) is 0 Å². The zero-order chi connectivity index (χ0) is 42.6. The van der Waals surface area contributed by atoms with Gasteiger partial charge < -0.3 is 30.3 Å². The van der Waals surface area contributed by atoms with Crippen LogP contribution in [-0.2, 0) is 32.1 Å². The third kappa shape index (κ3) is 14.9. The summed E-state index contributed by atoms with van der Waals surface area (Å²) in [6.07, 6.45) is 2.31. The number of imide groups is 1. The molecule has 0 fully saturated rings. The minimum Gasteiger partial charge on any atom is -0.480 e. The molecule has 0 aliphatic rings. The van der Waals surface area contributed by atoms with Crippen molar-refractivity contribution in [2.24, 2.45) is 0 Å². The van der Waals surface area contributed by atoms with Gasteiger partial charge in [-0.3, -0.25) is 19.7 Å². The van der Waals surface area contributed by atoms with Gasteiger partial charge in [-0.05, 0) is 60.6 Å². The Labute approximate surface area is 352 Å². The van der Waals surface area contributed by atoms with E-state index in [1.54, 1.807) is 54.6 Å². The molecule has 1 atom stereocenters. The average molecular weight is 843 g/mol. The lowest BCUT2D eigenvalue weighted by atomic mass is 9.99. The fourth-order valence-electron chi connectivity index (χ4n) is 5.66. The zero-order valence-corrected chi connectivity index (χ0v) is 33.8. The molecular weight excluding hydrogens is 797 g/mol. The molecule has 0 aliphatic carbocycles. The summed E-state index contributed by atoms with van der Waals surface area (Å²) >= 11 is 12.7. The summed E-state index contributed by atoms with van der Waals surface area (Å²) in [5, 5.41) is 25.6. The number of carbonyl (C=O) groups is 5. The van der Waals surface area contributed by atoms with E-state index in [1.807, 2.05) is 60.7 Å². The van der Waals surface area contributed by atoms with Crippen LogP contribution in [0.15, 0.2) is 121 Å². The van der Waals surface area contributed by atoms with Crippen LogP contribution in [0.25, 0.3) is 11.1 Å². The second-order valence-corrected chi connectivity index (χ2v) is 13.9. The van der Waals surface area contributed by atoms with Crippen molar-refractivity contribution < 1.29 is 43.7 Å². The van der Waals surface area contributed by atoms with Crippen LogP contribution < -0.4 is 20.7 Å². The number of unbranched alkanes of at least 4 members (excludes halogenated alkanes) is 2. The van der Waals surface area contributed by atoms with Gasteiger partial charge in [0.15, 0.2) is 6.61 Å². The van der Waals surface area contributed by atoms with Crippen molar-refractivity contribution in [2.75, 3.05) is 18.5 Å². The third-order valence-corrected chi connectivity index (χ3v) is 9.17. The van der Waals surface area contributed by atoms with Crippen molar-refractivity contribution in [2.45, 2.75) is 51.7 Å². The van der Waals surface area contributed by atoms with E-state index >= 15 is 0 Å². The summed E-state index contributed by atoms with van der Waals surface area (Å²) in [6.45, 7) is 1.01. The number of amides is 4. The van der Waals surface area contributed by atoms with E-state index in [0.717, 1.165) is 23.1 Å². The predicted molar refractivity (Wildman–Crippen MR) is 227 cm³/mol. The normalized spacial score (nSPS) is 10.9. The number of hydrogen-bond donors (Lipinski definition) is 5. The Bertz CT molecular complexity index is 2170.